The minimum absolute atomic E-state index is 0.832. The Labute approximate surface area is 142 Å². The molecule has 1 aromatic heterocycles. The summed E-state index contributed by atoms with van der Waals surface area (Å²) >= 11 is 0. The smallest absolute Gasteiger partial charge is 0.121 e. The second kappa shape index (κ2) is 6.52. The van der Waals surface area contributed by atoms with E-state index < -0.39 is 0 Å². The summed E-state index contributed by atoms with van der Waals surface area (Å²) in [6.07, 6.45) is 4.66. The Morgan fingerprint density at radius 3 is 2.71 bits per heavy atom. The van der Waals surface area contributed by atoms with Crippen LogP contribution in [0.4, 0.5) is 5.69 Å². The van der Waals surface area contributed by atoms with Crippen molar-refractivity contribution in [3.8, 4) is 5.75 Å². The number of ether oxygens (including phenoxy) is 1. The molecule has 0 bridgehead atoms. The summed E-state index contributed by atoms with van der Waals surface area (Å²) in [5, 5.41) is 4.88. The standard InChI is InChI=1S/C21H22N2O/c1-24-16-11-12-18-20(13-16)23-19-10-6-5-9-17(19)21(18)22-14-15-7-3-2-4-8-15/h2-4,7-8,11-13H,5-6,9-10,14H2,1H3,(H,22,23). The van der Waals surface area contributed by atoms with Gasteiger partial charge in [-0.15, -0.1) is 0 Å². The van der Waals surface area contributed by atoms with Crippen molar-refractivity contribution in [2.75, 3.05) is 12.4 Å². The first-order valence-electron chi connectivity index (χ1n) is 8.62. The largest absolute Gasteiger partial charge is 0.497 e. The maximum absolute atomic E-state index is 5.38. The fourth-order valence-corrected chi connectivity index (χ4v) is 3.52. The monoisotopic (exact) mass is 318 g/mol. The normalized spacial score (nSPS) is 13.5. The highest BCUT2D eigenvalue weighted by atomic mass is 16.5. The number of fused-ring (bicyclic) bond motifs is 2. The second-order valence-electron chi connectivity index (χ2n) is 6.34. The number of aromatic nitrogens is 1. The first kappa shape index (κ1) is 15.0. The molecule has 3 heteroatoms. The fraction of sp³-hybridized carbons (Fsp3) is 0.286. The minimum Gasteiger partial charge on any atom is -0.497 e. The van der Waals surface area contributed by atoms with Gasteiger partial charge in [0.2, 0.25) is 0 Å². The molecular weight excluding hydrogens is 296 g/mol. The Bertz CT molecular complexity index is 859. The van der Waals surface area contributed by atoms with Crippen molar-refractivity contribution in [3.63, 3.8) is 0 Å². The van der Waals surface area contributed by atoms with E-state index in [1.54, 1.807) is 7.11 Å². The lowest BCUT2D eigenvalue weighted by Crippen LogP contribution is -2.11. The van der Waals surface area contributed by atoms with Gasteiger partial charge in [0, 0.05) is 29.4 Å². The van der Waals surface area contributed by atoms with E-state index in [0.717, 1.165) is 30.7 Å². The van der Waals surface area contributed by atoms with Gasteiger partial charge in [0.25, 0.3) is 0 Å². The maximum atomic E-state index is 5.38. The van der Waals surface area contributed by atoms with E-state index in [-0.39, 0.29) is 0 Å². The molecule has 3 aromatic rings. The molecule has 0 fully saturated rings. The van der Waals surface area contributed by atoms with Crippen LogP contribution in [0.1, 0.15) is 29.7 Å². The average molecular weight is 318 g/mol. The number of rotatable bonds is 4. The topological polar surface area (TPSA) is 34.1 Å². The van der Waals surface area contributed by atoms with E-state index in [1.807, 2.05) is 12.1 Å². The molecule has 24 heavy (non-hydrogen) atoms. The number of hydrogen-bond acceptors (Lipinski definition) is 3. The average Bonchev–Trinajstić information content (AvgIpc) is 2.65. The number of benzene rings is 2. The lowest BCUT2D eigenvalue weighted by molar-refractivity contribution is 0.415. The highest BCUT2D eigenvalue weighted by Gasteiger charge is 2.18. The van der Waals surface area contributed by atoms with Crippen molar-refractivity contribution in [1.29, 1.82) is 0 Å². The van der Waals surface area contributed by atoms with Gasteiger partial charge < -0.3 is 10.1 Å². The maximum Gasteiger partial charge on any atom is 0.121 e. The van der Waals surface area contributed by atoms with Gasteiger partial charge in [0.15, 0.2) is 0 Å². The molecule has 1 aliphatic carbocycles. The number of pyridine rings is 1. The van der Waals surface area contributed by atoms with Crippen molar-refractivity contribution in [1.82, 2.24) is 4.98 Å². The SMILES string of the molecule is COc1ccc2c(NCc3ccccc3)c3c(nc2c1)CCCC3. The lowest BCUT2D eigenvalue weighted by atomic mass is 9.92. The van der Waals surface area contributed by atoms with Gasteiger partial charge >= 0.3 is 0 Å². The third kappa shape index (κ3) is 2.82. The van der Waals surface area contributed by atoms with Gasteiger partial charge in [-0.1, -0.05) is 30.3 Å². The van der Waals surface area contributed by atoms with Gasteiger partial charge in [-0.25, -0.2) is 0 Å². The lowest BCUT2D eigenvalue weighted by Gasteiger charge is -2.22. The van der Waals surface area contributed by atoms with Crippen molar-refractivity contribution in [2.45, 2.75) is 32.2 Å². The van der Waals surface area contributed by atoms with Crippen LogP contribution < -0.4 is 10.1 Å². The summed E-state index contributed by atoms with van der Waals surface area (Å²) in [6.45, 7) is 0.832. The van der Waals surface area contributed by atoms with Crippen LogP contribution in [-0.2, 0) is 19.4 Å². The van der Waals surface area contributed by atoms with Crippen LogP contribution in [-0.4, -0.2) is 12.1 Å². The molecule has 0 atom stereocenters. The summed E-state index contributed by atoms with van der Waals surface area (Å²) in [4.78, 5) is 4.92. The molecule has 0 spiro atoms. The molecule has 2 aromatic carbocycles. The van der Waals surface area contributed by atoms with E-state index in [2.05, 4.69) is 41.7 Å². The molecule has 4 rings (SSSR count). The molecule has 1 aliphatic rings. The minimum atomic E-state index is 0.832. The van der Waals surface area contributed by atoms with Crippen LogP contribution in [0.25, 0.3) is 10.9 Å². The van der Waals surface area contributed by atoms with E-state index in [4.69, 9.17) is 9.72 Å². The van der Waals surface area contributed by atoms with Crippen LogP contribution in [0, 0.1) is 0 Å². The van der Waals surface area contributed by atoms with Crippen LogP contribution in [0.15, 0.2) is 48.5 Å². The van der Waals surface area contributed by atoms with Gasteiger partial charge in [0.05, 0.1) is 12.6 Å². The molecule has 122 valence electrons. The van der Waals surface area contributed by atoms with Crippen molar-refractivity contribution in [2.24, 2.45) is 0 Å². The third-order valence-electron chi connectivity index (χ3n) is 4.78. The number of aryl methyl sites for hydroxylation is 1. The van der Waals surface area contributed by atoms with E-state index in [0.29, 0.717) is 0 Å². The van der Waals surface area contributed by atoms with Crippen molar-refractivity contribution < 1.29 is 4.74 Å². The Kier molecular flexibility index (Phi) is 4.08. The zero-order valence-electron chi connectivity index (χ0n) is 14.0. The zero-order valence-corrected chi connectivity index (χ0v) is 14.0. The van der Waals surface area contributed by atoms with E-state index in [1.165, 1.54) is 40.7 Å². The first-order valence-corrected chi connectivity index (χ1v) is 8.62. The third-order valence-corrected chi connectivity index (χ3v) is 4.78. The van der Waals surface area contributed by atoms with Crippen LogP contribution in [0.3, 0.4) is 0 Å². The highest BCUT2D eigenvalue weighted by molar-refractivity contribution is 5.94. The molecule has 1 N–H and O–H groups in total. The number of nitrogens with one attached hydrogen (secondary N) is 1. The van der Waals surface area contributed by atoms with Gasteiger partial charge in [-0.2, -0.15) is 0 Å². The number of methoxy groups -OCH3 is 1. The highest BCUT2D eigenvalue weighted by Crippen LogP contribution is 2.35. The number of nitrogens with zero attached hydrogens (tertiary/aromatic N) is 1. The molecule has 1 heterocycles. The molecule has 3 nitrogen and oxygen atoms in total. The quantitative estimate of drug-likeness (QED) is 0.755. The molecule has 0 saturated carbocycles. The van der Waals surface area contributed by atoms with Crippen LogP contribution in [0.5, 0.6) is 5.75 Å². The first-order chi connectivity index (χ1) is 11.8. The van der Waals surface area contributed by atoms with Gasteiger partial charge in [-0.05, 0) is 48.9 Å². The zero-order chi connectivity index (χ0) is 16.4. The predicted octanol–water partition coefficient (Wildman–Crippen LogP) is 4.73. The van der Waals surface area contributed by atoms with E-state index in [9.17, 15) is 0 Å². The molecule has 0 aliphatic heterocycles. The second-order valence-corrected chi connectivity index (χ2v) is 6.34. The van der Waals surface area contributed by atoms with Crippen molar-refractivity contribution in [3.05, 3.63) is 65.4 Å². The summed E-state index contributed by atoms with van der Waals surface area (Å²) < 4.78 is 5.38. The Morgan fingerprint density at radius 2 is 1.88 bits per heavy atom. The summed E-state index contributed by atoms with van der Waals surface area (Å²) in [5.74, 6) is 0.861. The van der Waals surface area contributed by atoms with Crippen molar-refractivity contribution >= 4 is 16.6 Å². The molecule has 0 saturated heterocycles. The Morgan fingerprint density at radius 1 is 1.04 bits per heavy atom. The van der Waals surface area contributed by atoms with Gasteiger partial charge in [-0.3, -0.25) is 4.98 Å². The molecule has 0 radical (unpaired) electrons. The van der Waals surface area contributed by atoms with Crippen LogP contribution in [0.2, 0.25) is 0 Å². The summed E-state index contributed by atoms with van der Waals surface area (Å²) in [7, 11) is 1.70. The molecule has 0 amide bonds. The Balaban J connectivity index is 1.78. The van der Waals surface area contributed by atoms with Crippen LogP contribution >= 0.6 is 0 Å². The molecular formula is C21H22N2O. The Hall–Kier alpha value is -2.55. The molecule has 0 unspecified atom stereocenters. The number of anilines is 1. The summed E-state index contributed by atoms with van der Waals surface area (Å²) in [6, 6.07) is 16.7. The summed E-state index contributed by atoms with van der Waals surface area (Å²) in [5.41, 5.74) is 6.21. The van der Waals surface area contributed by atoms with Gasteiger partial charge in [0.1, 0.15) is 5.75 Å². The number of hydrogen-bond donors (Lipinski definition) is 1. The fourth-order valence-electron chi connectivity index (χ4n) is 3.52. The van der Waals surface area contributed by atoms with E-state index >= 15 is 0 Å². The predicted molar refractivity (Wildman–Crippen MR) is 98.7 cm³/mol.